The second-order valence-electron chi connectivity index (χ2n) is 5.67. The molecule has 0 aromatic carbocycles. The molecule has 17 heavy (non-hydrogen) atoms. The van der Waals surface area contributed by atoms with Crippen molar-refractivity contribution in [2.45, 2.75) is 71.9 Å². The van der Waals surface area contributed by atoms with Gasteiger partial charge in [0, 0.05) is 18.6 Å². The second kappa shape index (κ2) is 8.10. The Labute approximate surface area is 108 Å². The molecule has 0 radical (unpaired) electrons. The summed E-state index contributed by atoms with van der Waals surface area (Å²) in [4.78, 5) is 2.72. The molecule has 2 atom stereocenters. The summed E-state index contributed by atoms with van der Waals surface area (Å²) in [5.74, 6) is 0.791. The summed E-state index contributed by atoms with van der Waals surface area (Å²) in [5.41, 5.74) is 0. The van der Waals surface area contributed by atoms with Gasteiger partial charge >= 0.3 is 0 Å². The van der Waals surface area contributed by atoms with Crippen LogP contribution in [-0.2, 0) is 0 Å². The van der Waals surface area contributed by atoms with Crippen molar-refractivity contribution in [3.05, 3.63) is 0 Å². The van der Waals surface area contributed by atoms with Crippen molar-refractivity contribution in [3.8, 4) is 0 Å². The molecule has 0 aromatic rings. The van der Waals surface area contributed by atoms with E-state index in [1.54, 1.807) is 0 Å². The Morgan fingerprint density at radius 1 is 1.18 bits per heavy atom. The van der Waals surface area contributed by atoms with E-state index < -0.39 is 0 Å². The molecule has 1 rings (SSSR count). The van der Waals surface area contributed by atoms with E-state index in [4.69, 9.17) is 0 Å². The first-order valence-corrected chi connectivity index (χ1v) is 7.70. The molecule has 1 saturated carbocycles. The van der Waals surface area contributed by atoms with Gasteiger partial charge in [-0.3, -0.25) is 4.90 Å². The summed E-state index contributed by atoms with van der Waals surface area (Å²) in [6.45, 7) is 13.0. The van der Waals surface area contributed by atoms with E-state index in [0.717, 1.165) is 12.0 Å². The lowest BCUT2D eigenvalue weighted by Gasteiger charge is -2.31. The van der Waals surface area contributed by atoms with E-state index in [-0.39, 0.29) is 0 Å². The standard InChI is InChI=1S/C15H32N2/c1-5-10-16-15(13(4)7-3)12-17(11-6-2)14-8-9-14/h13-16H,5-12H2,1-4H3. The monoisotopic (exact) mass is 240 g/mol. The minimum Gasteiger partial charge on any atom is -0.312 e. The van der Waals surface area contributed by atoms with Crippen LogP contribution in [0.1, 0.15) is 59.8 Å². The van der Waals surface area contributed by atoms with E-state index in [2.05, 4.69) is 37.9 Å². The van der Waals surface area contributed by atoms with Crippen molar-refractivity contribution in [3.63, 3.8) is 0 Å². The smallest absolute Gasteiger partial charge is 0.0220 e. The van der Waals surface area contributed by atoms with E-state index in [0.29, 0.717) is 6.04 Å². The Kier molecular flexibility index (Phi) is 7.14. The van der Waals surface area contributed by atoms with Crippen LogP contribution in [0.2, 0.25) is 0 Å². The molecule has 102 valence electrons. The number of rotatable bonds is 10. The van der Waals surface area contributed by atoms with Gasteiger partial charge in [-0.1, -0.05) is 34.1 Å². The number of nitrogens with one attached hydrogen (secondary N) is 1. The number of nitrogens with zero attached hydrogens (tertiary/aromatic N) is 1. The second-order valence-corrected chi connectivity index (χ2v) is 5.67. The van der Waals surface area contributed by atoms with Gasteiger partial charge in [0.1, 0.15) is 0 Å². The zero-order valence-corrected chi connectivity index (χ0v) is 12.3. The van der Waals surface area contributed by atoms with Gasteiger partial charge in [0.15, 0.2) is 0 Å². The van der Waals surface area contributed by atoms with Gasteiger partial charge in [0.25, 0.3) is 0 Å². The van der Waals surface area contributed by atoms with Crippen LogP contribution in [0.3, 0.4) is 0 Å². The lowest BCUT2D eigenvalue weighted by Crippen LogP contribution is -2.46. The molecule has 0 bridgehead atoms. The Morgan fingerprint density at radius 3 is 2.35 bits per heavy atom. The maximum Gasteiger partial charge on any atom is 0.0220 e. The van der Waals surface area contributed by atoms with Gasteiger partial charge in [-0.15, -0.1) is 0 Å². The van der Waals surface area contributed by atoms with Crippen molar-refractivity contribution in [2.75, 3.05) is 19.6 Å². The van der Waals surface area contributed by atoms with Gasteiger partial charge in [0.05, 0.1) is 0 Å². The molecule has 0 amide bonds. The van der Waals surface area contributed by atoms with Crippen molar-refractivity contribution < 1.29 is 0 Å². The van der Waals surface area contributed by atoms with E-state index in [1.165, 1.54) is 51.7 Å². The van der Waals surface area contributed by atoms with Crippen LogP contribution in [-0.4, -0.2) is 36.6 Å². The predicted octanol–water partition coefficient (Wildman–Crippen LogP) is 3.28. The largest absolute Gasteiger partial charge is 0.312 e. The van der Waals surface area contributed by atoms with Crippen molar-refractivity contribution in [1.82, 2.24) is 10.2 Å². The van der Waals surface area contributed by atoms with Crippen molar-refractivity contribution in [1.29, 1.82) is 0 Å². The molecule has 1 fully saturated rings. The van der Waals surface area contributed by atoms with Crippen LogP contribution in [0.25, 0.3) is 0 Å². The van der Waals surface area contributed by atoms with Gasteiger partial charge in [-0.05, 0) is 44.7 Å². The fourth-order valence-electron chi connectivity index (χ4n) is 2.46. The summed E-state index contributed by atoms with van der Waals surface area (Å²) in [5, 5.41) is 3.75. The molecule has 0 saturated heterocycles. The number of hydrogen-bond donors (Lipinski definition) is 1. The molecule has 2 nitrogen and oxygen atoms in total. The highest BCUT2D eigenvalue weighted by molar-refractivity contribution is 4.88. The van der Waals surface area contributed by atoms with Crippen LogP contribution >= 0.6 is 0 Å². The third-order valence-electron chi connectivity index (χ3n) is 3.99. The summed E-state index contributed by atoms with van der Waals surface area (Å²) in [6, 6.07) is 1.59. The zero-order valence-electron chi connectivity index (χ0n) is 12.3. The van der Waals surface area contributed by atoms with Gasteiger partial charge < -0.3 is 5.32 Å². The van der Waals surface area contributed by atoms with Crippen LogP contribution in [0.4, 0.5) is 0 Å². The molecule has 0 aromatic heterocycles. The highest BCUT2D eigenvalue weighted by Crippen LogP contribution is 2.27. The summed E-state index contributed by atoms with van der Waals surface area (Å²) < 4.78 is 0. The van der Waals surface area contributed by atoms with E-state index in [9.17, 15) is 0 Å². The minimum absolute atomic E-state index is 0.687. The summed E-state index contributed by atoms with van der Waals surface area (Å²) in [7, 11) is 0. The van der Waals surface area contributed by atoms with Crippen molar-refractivity contribution in [2.24, 2.45) is 5.92 Å². The Morgan fingerprint density at radius 2 is 1.88 bits per heavy atom. The SMILES string of the molecule is CCCNC(CN(CCC)C1CC1)C(C)CC. The molecule has 0 spiro atoms. The topological polar surface area (TPSA) is 15.3 Å². The molecule has 2 heteroatoms. The molecular formula is C15H32N2. The average Bonchev–Trinajstić information content (AvgIpc) is 3.16. The van der Waals surface area contributed by atoms with Crippen LogP contribution in [0.15, 0.2) is 0 Å². The predicted molar refractivity (Wildman–Crippen MR) is 76.4 cm³/mol. The average molecular weight is 240 g/mol. The molecule has 0 aliphatic heterocycles. The van der Waals surface area contributed by atoms with E-state index >= 15 is 0 Å². The number of hydrogen-bond acceptors (Lipinski definition) is 2. The van der Waals surface area contributed by atoms with Gasteiger partial charge in [-0.2, -0.15) is 0 Å². The third-order valence-corrected chi connectivity index (χ3v) is 3.99. The first-order chi connectivity index (χ1) is 8.22. The Hall–Kier alpha value is -0.0800. The van der Waals surface area contributed by atoms with Crippen LogP contribution in [0, 0.1) is 5.92 Å². The zero-order chi connectivity index (χ0) is 12.7. The molecule has 2 unspecified atom stereocenters. The fourth-order valence-corrected chi connectivity index (χ4v) is 2.46. The summed E-state index contributed by atoms with van der Waals surface area (Å²) in [6.07, 6.45) is 6.68. The fraction of sp³-hybridized carbons (Fsp3) is 1.00. The lowest BCUT2D eigenvalue weighted by atomic mass is 9.98. The molecule has 1 aliphatic carbocycles. The van der Waals surface area contributed by atoms with Gasteiger partial charge in [0.2, 0.25) is 0 Å². The first-order valence-electron chi connectivity index (χ1n) is 7.70. The highest BCUT2D eigenvalue weighted by Gasteiger charge is 2.30. The Balaban J connectivity index is 2.43. The van der Waals surface area contributed by atoms with Crippen molar-refractivity contribution >= 4 is 0 Å². The first kappa shape index (κ1) is 15.0. The van der Waals surface area contributed by atoms with Gasteiger partial charge in [-0.25, -0.2) is 0 Å². The molecule has 1 N–H and O–H groups in total. The maximum atomic E-state index is 3.75. The normalized spacial score (nSPS) is 19.6. The van der Waals surface area contributed by atoms with Crippen LogP contribution < -0.4 is 5.32 Å². The minimum atomic E-state index is 0.687. The molecule has 0 heterocycles. The molecule has 1 aliphatic rings. The lowest BCUT2D eigenvalue weighted by molar-refractivity contribution is 0.202. The van der Waals surface area contributed by atoms with Crippen LogP contribution in [0.5, 0.6) is 0 Å². The molecular weight excluding hydrogens is 208 g/mol. The van der Waals surface area contributed by atoms with E-state index in [1.807, 2.05) is 0 Å². The summed E-state index contributed by atoms with van der Waals surface area (Å²) >= 11 is 0. The third kappa shape index (κ3) is 5.39. The maximum absolute atomic E-state index is 3.75. The highest BCUT2D eigenvalue weighted by atomic mass is 15.2. The quantitative estimate of drug-likeness (QED) is 0.630. The Bertz CT molecular complexity index is 189.